The first-order chi connectivity index (χ1) is 12.4. The fourth-order valence-corrected chi connectivity index (χ4v) is 5.21. The molecule has 1 heterocycles. The highest BCUT2D eigenvalue weighted by atomic mass is 16.3. The second kappa shape index (κ2) is 6.71. The zero-order valence-corrected chi connectivity index (χ0v) is 15.7. The van der Waals surface area contributed by atoms with Crippen molar-refractivity contribution in [3.8, 4) is 5.75 Å². The van der Waals surface area contributed by atoms with Gasteiger partial charge in [0.25, 0.3) is 0 Å². The summed E-state index contributed by atoms with van der Waals surface area (Å²) in [5.41, 5.74) is 2.96. The molecule has 0 amide bonds. The lowest BCUT2D eigenvalue weighted by Crippen LogP contribution is -2.30. The van der Waals surface area contributed by atoms with Crippen LogP contribution in [-0.4, -0.2) is 34.7 Å². The summed E-state index contributed by atoms with van der Waals surface area (Å²) in [5.74, 6) is 1.95. The monoisotopic (exact) mass is 351 g/mol. The fourth-order valence-electron chi connectivity index (χ4n) is 5.21. The molecule has 3 heteroatoms. The first-order valence-corrected chi connectivity index (χ1v) is 9.74. The zero-order valence-electron chi connectivity index (χ0n) is 15.7. The van der Waals surface area contributed by atoms with Crippen LogP contribution in [-0.2, 0) is 5.60 Å². The standard InChI is InChI=1S/C23H29NO2/c1-16-5-3-4-6-22(16)23(26)11-19-14-24(15-20(19)12-23)13-17(2)18-7-9-21(25)10-8-18/h3-10,17,19-20,25-26H,11-15H2,1-2H3/t17?,19-,20+,23?. The molecular weight excluding hydrogens is 322 g/mol. The van der Waals surface area contributed by atoms with Crippen molar-refractivity contribution < 1.29 is 10.2 Å². The van der Waals surface area contributed by atoms with Crippen LogP contribution in [0.4, 0.5) is 0 Å². The van der Waals surface area contributed by atoms with E-state index >= 15 is 0 Å². The number of hydrogen-bond acceptors (Lipinski definition) is 3. The topological polar surface area (TPSA) is 43.7 Å². The van der Waals surface area contributed by atoms with Gasteiger partial charge in [-0.05, 0) is 66.3 Å². The van der Waals surface area contributed by atoms with E-state index in [2.05, 4.69) is 30.9 Å². The van der Waals surface area contributed by atoms with E-state index in [0.717, 1.165) is 38.0 Å². The Labute approximate surface area is 156 Å². The Hall–Kier alpha value is -1.84. The van der Waals surface area contributed by atoms with E-state index in [1.54, 1.807) is 12.1 Å². The van der Waals surface area contributed by atoms with Crippen LogP contribution in [0.25, 0.3) is 0 Å². The molecule has 4 atom stereocenters. The molecule has 0 bridgehead atoms. The summed E-state index contributed by atoms with van der Waals surface area (Å²) < 4.78 is 0. The Bertz CT molecular complexity index is 756. The fraction of sp³-hybridized carbons (Fsp3) is 0.478. The van der Waals surface area contributed by atoms with Crippen molar-refractivity contribution in [3.05, 3.63) is 65.2 Å². The lowest BCUT2D eigenvalue weighted by Gasteiger charge is -2.28. The second-order valence-corrected chi connectivity index (χ2v) is 8.49. The van der Waals surface area contributed by atoms with Crippen LogP contribution in [0.5, 0.6) is 5.75 Å². The molecule has 4 rings (SSSR count). The highest BCUT2D eigenvalue weighted by molar-refractivity contribution is 5.33. The maximum atomic E-state index is 11.3. The number of rotatable bonds is 4. The van der Waals surface area contributed by atoms with E-state index in [-0.39, 0.29) is 0 Å². The third-order valence-electron chi connectivity index (χ3n) is 6.49. The van der Waals surface area contributed by atoms with Gasteiger partial charge >= 0.3 is 0 Å². The van der Waals surface area contributed by atoms with E-state index in [1.165, 1.54) is 11.1 Å². The number of aryl methyl sites for hydroxylation is 1. The lowest BCUT2D eigenvalue weighted by atomic mass is 9.87. The summed E-state index contributed by atoms with van der Waals surface area (Å²) in [7, 11) is 0. The van der Waals surface area contributed by atoms with Crippen LogP contribution in [0, 0.1) is 18.8 Å². The van der Waals surface area contributed by atoms with Crippen molar-refractivity contribution in [1.29, 1.82) is 0 Å². The number of aromatic hydroxyl groups is 1. The van der Waals surface area contributed by atoms with Gasteiger partial charge < -0.3 is 15.1 Å². The van der Waals surface area contributed by atoms with Crippen LogP contribution < -0.4 is 0 Å². The summed E-state index contributed by atoms with van der Waals surface area (Å²) >= 11 is 0. The van der Waals surface area contributed by atoms with Gasteiger partial charge in [-0.1, -0.05) is 43.3 Å². The summed E-state index contributed by atoms with van der Waals surface area (Å²) in [6, 6.07) is 15.9. The van der Waals surface area contributed by atoms with Crippen molar-refractivity contribution in [2.45, 2.75) is 38.2 Å². The highest BCUT2D eigenvalue weighted by Gasteiger charge is 2.49. The molecule has 1 saturated heterocycles. The SMILES string of the molecule is Cc1ccccc1C1(O)C[C@H]2CN(CC(C)c3ccc(O)cc3)C[C@H]2C1. The Balaban J connectivity index is 1.39. The second-order valence-electron chi connectivity index (χ2n) is 8.49. The lowest BCUT2D eigenvalue weighted by molar-refractivity contribution is 0.0306. The molecule has 2 aliphatic rings. The minimum Gasteiger partial charge on any atom is -0.508 e. The van der Waals surface area contributed by atoms with Gasteiger partial charge in [0.2, 0.25) is 0 Å². The molecule has 1 saturated carbocycles. The van der Waals surface area contributed by atoms with Crippen molar-refractivity contribution >= 4 is 0 Å². The Kier molecular flexibility index (Phi) is 4.54. The highest BCUT2D eigenvalue weighted by Crippen LogP contribution is 2.49. The first-order valence-electron chi connectivity index (χ1n) is 9.74. The number of aliphatic hydroxyl groups is 1. The molecule has 2 N–H and O–H groups in total. The van der Waals surface area contributed by atoms with Crippen LogP contribution in [0.15, 0.2) is 48.5 Å². The van der Waals surface area contributed by atoms with Crippen molar-refractivity contribution in [2.24, 2.45) is 11.8 Å². The molecule has 2 fully saturated rings. The van der Waals surface area contributed by atoms with Crippen molar-refractivity contribution in [1.82, 2.24) is 4.90 Å². The predicted molar refractivity (Wildman–Crippen MR) is 104 cm³/mol. The van der Waals surface area contributed by atoms with Gasteiger partial charge in [0.05, 0.1) is 5.60 Å². The molecule has 0 spiro atoms. The Morgan fingerprint density at radius 1 is 1.04 bits per heavy atom. The van der Waals surface area contributed by atoms with Crippen LogP contribution >= 0.6 is 0 Å². The van der Waals surface area contributed by atoms with Gasteiger partial charge in [0.1, 0.15) is 5.75 Å². The minimum absolute atomic E-state index is 0.326. The van der Waals surface area contributed by atoms with Gasteiger partial charge in [0.15, 0.2) is 0 Å². The molecule has 2 aromatic rings. The molecule has 2 aromatic carbocycles. The molecule has 1 aliphatic heterocycles. The van der Waals surface area contributed by atoms with Gasteiger partial charge in [-0.3, -0.25) is 0 Å². The summed E-state index contributed by atoms with van der Waals surface area (Å²) in [6.07, 6.45) is 1.76. The minimum atomic E-state index is -0.644. The van der Waals surface area contributed by atoms with E-state index in [0.29, 0.717) is 23.5 Å². The van der Waals surface area contributed by atoms with Gasteiger partial charge in [-0.15, -0.1) is 0 Å². The maximum absolute atomic E-state index is 11.3. The van der Waals surface area contributed by atoms with E-state index in [1.807, 2.05) is 24.3 Å². The molecule has 0 aromatic heterocycles. The molecule has 2 unspecified atom stereocenters. The van der Waals surface area contributed by atoms with Crippen LogP contribution in [0.1, 0.15) is 42.4 Å². The summed E-state index contributed by atoms with van der Waals surface area (Å²) in [6.45, 7) is 7.57. The van der Waals surface area contributed by atoms with Crippen LogP contribution in [0.2, 0.25) is 0 Å². The summed E-state index contributed by atoms with van der Waals surface area (Å²) in [4.78, 5) is 2.56. The van der Waals surface area contributed by atoms with Crippen LogP contribution in [0.3, 0.4) is 0 Å². The number of phenolic OH excluding ortho intramolecular Hbond substituents is 1. The predicted octanol–water partition coefficient (Wildman–Crippen LogP) is 4.03. The third kappa shape index (κ3) is 3.26. The van der Waals surface area contributed by atoms with Gasteiger partial charge in [-0.2, -0.15) is 0 Å². The van der Waals surface area contributed by atoms with E-state index in [9.17, 15) is 10.2 Å². The maximum Gasteiger partial charge on any atom is 0.115 e. The largest absolute Gasteiger partial charge is 0.508 e. The summed E-state index contributed by atoms with van der Waals surface area (Å²) in [5, 5.41) is 20.7. The number of nitrogens with zero attached hydrogens (tertiary/aromatic N) is 1. The Morgan fingerprint density at radius 3 is 2.27 bits per heavy atom. The molecule has 138 valence electrons. The molecule has 0 radical (unpaired) electrons. The zero-order chi connectivity index (χ0) is 18.3. The van der Waals surface area contributed by atoms with Gasteiger partial charge in [0, 0.05) is 19.6 Å². The molecule has 3 nitrogen and oxygen atoms in total. The molecular formula is C23H29NO2. The van der Waals surface area contributed by atoms with Crippen molar-refractivity contribution in [3.63, 3.8) is 0 Å². The number of hydrogen-bond donors (Lipinski definition) is 2. The normalized spacial score (nSPS) is 29.7. The third-order valence-corrected chi connectivity index (χ3v) is 6.49. The average molecular weight is 351 g/mol. The number of likely N-dealkylation sites (tertiary alicyclic amines) is 1. The van der Waals surface area contributed by atoms with Gasteiger partial charge in [-0.25, -0.2) is 0 Å². The average Bonchev–Trinajstić information content (AvgIpc) is 3.10. The number of benzene rings is 2. The molecule has 26 heavy (non-hydrogen) atoms. The molecule has 1 aliphatic carbocycles. The quantitative estimate of drug-likeness (QED) is 0.874. The first kappa shape index (κ1) is 17.6. The number of phenols is 1. The van der Waals surface area contributed by atoms with Crippen molar-refractivity contribution in [2.75, 3.05) is 19.6 Å². The smallest absolute Gasteiger partial charge is 0.115 e. The number of fused-ring (bicyclic) bond motifs is 1. The Morgan fingerprint density at radius 2 is 1.65 bits per heavy atom. The van der Waals surface area contributed by atoms with E-state index in [4.69, 9.17) is 0 Å². The van der Waals surface area contributed by atoms with E-state index < -0.39 is 5.60 Å².